The number of hydrogen-bond donors (Lipinski definition) is 0. The molecule has 0 aliphatic rings. The van der Waals surface area contributed by atoms with E-state index in [4.69, 9.17) is 4.52 Å². The second-order valence-electron chi connectivity index (χ2n) is 0.971. The molecular weight excluding hydrogens is 152 g/mol. The zero-order valence-corrected chi connectivity index (χ0v) is 7.84. The average molecular weight is 160 g/mol. The lowest BCUT2D eigenvalue weighted by Crippen LogP contribution is -1.94. The van der Waals surface area contributed by atoms with Gasteiger partial charge in [0, 0.05) is 9.47 Å². The zero-order chi connectivity index (χ0) is 5.21. The summed E-state index contributed by atoms with van der Waals surface area (Å²) in [4.78, 5) is -0.245. The molecule has 0 N–H and O–H groups in total. The van der Waals surface area contributed by atoms with Gasteiger partial charge in [-0.3, -0.25) is 0 Å². The predicted molar refractivity (Wildman–Crippen MR) is 42.7 cm³/mol. The summed E-state index contributed by atoms with van der Waals surface area (Å²) in [6.45, 7) is 0. The maximum Gasteiger partial charge on any atom is 0.110 e. The third kappa shape index (κ3) is 5.68. The van der Waals surface area contributed by atoms with Crippen LogP contribution in [0.4, 0.5) is 0 Å². The van der Waals surface area contributed by atoms with E-state index < -0.39 is 0 Å². The van der Waals surface area contributed by atoms with Crippen molar-refractivity contribution in [2.75, 3.05) is 0 Å². The van der Waals surface area contributed by atoms with Crippen LogP contribution in [0.1, 0.15) is 0 Å². The Morgan fingerprint density at radius 2 is 1.33 bits per heavy atom. The summed E-state index contributed by atoms with van der Waals surface area (Å²) < 4.78 is 4.74. The predicted octanol–water partition coefficient (Wildman–Crippen LogP) is 1.03. The zero-order valence-electron chi connectivity index (χ0n) is 3.22. The molecule has 0 aliphatic carbocycles. The minimum absolute atomic E-state index is 0.245. The first kappa shape index (κ1) is 7.68. The van der Waals surface area contributed by atoms with E-state index in [2.05, 4.69) is 37.2 Å². The average Bonchev–Trinajstić information content (AvgIpc) is 1.35. The van der Waals surface area contributed by atoms with Crippen molar-refractivity contribution in [1.82, 2.24) is 0 Å². The molecule has 38 valence electrons. The molecule has 0 saturated heterocycles. The van der Waals surface area contributed by atoms with Crippen LogP contribution >= 0.6 is 37.2 Å². The molecule has 0 aliphatic heterocycles. The summed E-state index contributed by atoms with van der Waals surface area (Å²) in [7, 11) is 9.59. The first-order valence-corrected chi connectivity index (χ1v) is 3.51. The van der Waals surface area contributed by atoms with E-state index in [1.807, 2.05) is 0 Å². The summed E-state index contributed by atoms with van der Waals surface area (Å²) in [6.07, 6.45) is 0. The molecule has 0 aromatic heterocycles. The molecule has 0 aromatic rings. The Bertz CT molecular complexity index is 37.3. The van der Waals surface area contributed by atoms with Crippen molar-refractivity contribution in [3.05, 3.63) is 0 Å². The second kappa shape index (κ2) is 2.86. The van der Waals surface area contributed by atoms with E-state index in [0.717, 1.165) is 0 Å². The van der Waals surface area contributed by atoms with Crippen LogP contribution in [0.3, 0.4) is 0 Å². The third-order valence-electron chi connectivity index (χ3n) is 0.204. The molecular formula is CH8OP4. The first-order chi connectivity index (χ1) is 2.56. The highest BCUT2D eigenvalue weighted by molar-refractivity contribution is 7.57. The van der Waals surface area contributed by atoms with Crippen LogP contribution in [0.2, 0.25) is 0 Å². The van der Waals surface area contributed by atoms with E-state index in [0.29, 0.717) is 0 Å². The molecule has 0 rings (SSSR count). The topological polar surface area (TPSA) is 9.23 Å². The van der Waals surface area contributed by atoms with E-state index in [1.54, 1.807) is 0 Å². The van der Waals surface area contributed by atoms with Crippen molar-refractivity contribution in [3.8, 4) is 0 Å². The largest absolute Gasteiger partial charge is 0.348 e. The van der Waals surface area contributed by atoms with Gasteiger partial charge in [0.15, 0.2) is 0 Å². The van der Waals surface area contributed by atoms with Gasteiger partial charge in [0.25, 0.3) is 0 Å². The Morgan fingerprint density at radius 3 is 1.33 bits per heavy atom. The van der Waals surface area contributed by atoms with E-state index in [9.17, 15) is 0 Å². The van der Waals surface area contributed by atoms with Gasteiger partial charge in [-0.25, -0.2) is 0 Å². The van der Waals surface area contributed by atoms with Crippen molar-refractivity contribution in [1.29, 1.82) is 0 Å². The molecule has 4 atom stereocenters. The minimum Gasteiger partial charge on any atom is -0.348 e. The minimum atomic E-state index is -0.245. The third-order valence-corrected chi connectivity index (χ3v) is 1.84. The summed E-state index contributed by atoms with van der Waals surface area (Å²) >= 11 is 0. The highest BCUT2D eigenvalue weighted by Gasteiger charge is 2.04. The molecule has 5 heteroatoms. The van der Waals surface area contributed by atoms with Crippen molar-refractivity contribution >= 4 is 37.2 Å². The molecule has 0 heterocycles. The van der Waals surface area contributed by atoms with Gasteiger partial charge in [0.2, 0.25) is 0 Å². The van der Waals surface area contributed by atoms with Gasteiger partial charge in [0.05, 0.1) is 0 Å². The van der Waals surface area contributed by atoms with Crippen molar-refractivity contribution in [3.63, 3.8) is 0 Å². The normalized spacial score (nSPS) is 12.0. The van der Waals surface area contributed by atoms with Crippen molar-refractivity contribution < 1.29 is 4.52 Å². The molecule has 0 bridgehead atoms. The quantitative estimate of drug-likeness (QED) is 0.520. The Labute approximate surface area is 47.3 Å². The Hall–Kier alpha value is 1.68. The van der Waals surface area contributed by atoms with Crippen LogP contribution in [0.25, 0.3) is 0 Å². The molecule has 0 radical (unpaired) electrons. The maximum absolute atomic E-state index is 4.74. The molecule has 6 heavy (non-hydrogen) atoms. The SMILES string of the molecule is POC(P)(P)P. The molecule has 0 aromatic carbocycles. The Balaban J connectivity index is 3.17. The fraction of sp³-hybridized carbons (Fsp3) is 1.00. The second-order valence-corrected chi connectivity index (χ2v) is 5.91. The number of hydrogen-bond acceptors (Lipinski definition) is 1. The van der Waals surface area contributed by atoms with Crippen LogP contribution in [-0.4, -0.2) is 4.82 Å². The van der Waals surface area contributed by atoms with Gasteiger partial charge < -0.3 is 4.52 Å². The van der Waals surface area contributed by atoms with Crippen molar-refractivity contribution in [2.45, 2.75) is 4.82 Å². The van der Waals surface area contributed by atoms with Gasteiger partial charge in [-0.2, -0.15) is 0 Å². The highest BCUT2D eigenvalue weighted by Crippen LogP contribution is 2.36. The van der Waals surface area contributed by atoms with Gasteiger partial charge >= 0.3 is 0 Å². The van der Waals surface area contributed by atoms with Gasteiger partial charge in [-0.1, -0.05) is 27.7 Å². The van der Waals surface area contributed by atoms with Gasteiger partial charge in [-0.05, 0) is 0 Å². The van der Waals surface area contributed by atoms with E-state index in [1.165, 1.54) is 0 Å². The van der Waals surface area contributed by atoms with Crippen LogP contribution in [0.5, 0.6) is 0 Å². The summed E-state index contributed by atoms with van der Waals surface area (Å²) in [5.74, 6) is 0. The number of rotatable bonds is 1. The first-order valence-electron chi connectivity index (χ1n) is 1.31. The maximum atomic E-state index is 4.74. The fourth-order valence-electron chi connectivity index (χ4n) is 0. The Kier molecular flexibility index (Phi) is 3.66. The van der Waals surface area contributed by atoms with Gasteiger partial charge in [-0.15, -0.1) is 0 Å². The molecule has 0 spiro atoms. The Morgan fingerprint density at radius 1 is 1.17 bits per heavy atom. The lowest BCUT2D eigenvalue weighted by atomic mass is 11.6. The summed E-state index contributed by atoms with van der Waals surface area (Å²) in [5.41, 5.74) is 0. The smallest absolute Gasteiger partial charge is 0.110 e. The molecule has 0 saturated carbocycles. The lowest BCUT2D eigenvalue weighted by Gasteiger charge is -2.13. The highest BCUT2D eigenvalue weighted by atomic mass is 31.1. The molecule has 4 unspecified atom stereocenters. The molecule has 1 nitrogen and oxygen atoms in total. The fourth-order valence-corrected chi connectivity index (χ4v) is 0. The molecule has 0 amide bonds. The van der Waals surface area contributed by atoms with Crippen LogP contribution in [-0.2, 0) is 4.52 Å². The lowest BCUT2D eigenvalue weighted by molar-refractivity contribution is 0.398. The van der Waals surface area contributed by atoms with Crippen LogP contribution in [0, 0.1) is 0 Å². The van der Waals surface area contributed by atoms with Crippen molar-refractivity contribution in [2.24, 2.45) is 0 Å². The monoisotopic (exact) mass is 160 g/mol. The van der Waals surface area contributed by atoms with Gasteiger partial charge in [0.1, 0.15) is 4.82 Å². The summed E-state index contributed by atoms with van der Waals surface area (Å²) in [5, 5.41) is 0. The molecule has 0 fully saturated rings. The standard InChI is InChI=1S/CH8OP4/c3-1(4,5)2-6/h3-6H2. The van der Waals surface area contributed by atoms with E-state index >= 15 is 0 Å². The summed E-state index contributed by atoms with van der Waals surface area (Å²) in [6, 6.07) is 0. The van der Waals surface area contributed by atoms with Crippen LogP contribution < -0.4 is 0 Å². The van der Waals surface area contributed by atoms with E-state index in [-0.39, 0.29) is 4.82 Å². The van der Waals surface area contributed by atoms with Crippen LogP contribution in [0.15, 0.2) is 0 Å².